The molecule has 1 aliphatic rings. The molecule has 19 heavy (non-hydrogen) atoms. The summed E-state index contributed by atoms with van der Waals surface area (Å²) in [6.07, 6.45) is -0.394. The SMILES string of the molecule is CC(O)(CNC(=O)N1CCSC(C)(C)C1)CC(=O)O. The van der Waals surface area contributed by atoms with Gasteiger partial charge in [0, 0.05) is 30.1 Å². The Morgan fingerprint density at radius 3 is 2.63 bits per heavy atom. The van der Waals surface area contributed by atoms with Crippen LogP contribution in [0, 0.1) is 0 Å². The summed E-state index contributed by atoms with van der Waals surface area (Å²) in [5.41, 5.74) is -1.43. The van der Waals surface area contributed by atoms with Crippen LogP contribution in [0.1, 0.15) is 27.2 Å². The molecule has 1 aliphatic heterocycles. The molecule has 0 aromatic heterocycles. The summed E-state index contributed by atoms with van der Waals surface area (Å²) in [6.45, 7) is 6.81. The number of carboxylic acid groups (broad SMARTS) is 1. The van der Waals surface area contributed by atoms with E-state index in [0.717, 1.165) is 5.75 Å². The monoisotopic (exact) mass is 290 g/mol. The molecular formula is C12H22N2O4S. The lowest BCUT2D eigenvalue weighted by molar-refractivity contribution is -0.141. The molecule has 1 atom stereocenters. The third-order valence-corrected chi connectivity index (χ3v) is 4.16. The molecule has 0 radical (unpaired) electrons. The van der Waals surface area contributed by atoms with Crippen molar-refractivity contribution in [3.8, 4) is 0 Å². The number of aliphatic hydroxyl groups is 1. The fourth-order valence-electron chi connectivity index (χ4n) is 1.96. The summed E-state index contributed by atoms with van der Waals surface area (Å²) in [7, 11) is 0. The minimum absolute atomic E-state index is 0.0270. The molecule has 0 aromatic carbocycles. The summed E-state index contributed by atoms with van der Waals surface area (Å²) < 4.78 is 0.0270. The third kappa shape index (κ3) is 5.69. The van der Waals surface area contributed by atoms with Crippen molar-refractivity contribution in [2.45, 2.75) is 37.5 Å². The molecule has 1 unspecified atom stereocenters. The molecule has 6 nitrogen and oxygen atoms in total. The molecule has 0 aromatic rings. The van der Waals surface area contributed by atoms with Gasteiger partial charge in [-0.2, -0.15) is 11.8 Å². The number of nitrogens with one attached hydrogen (secondary N) is 1. The normalized spacial score (nSPS) is 21.6. The van der Waals surface area contributed by atoms with Crippen LogP contribution < -0.4 is 5.32 Å². The lowest BCUT2D eigenvalue weighted by atomic mass is 10.0. The van der Waals surface area contributed by atoms with Gasteiger partial charge in [-0.05, 0) is 20.8 Å². The zero-order valence-corrected chi connectivity index (χ0v) is 12.4. The summed E-state index contributed by atoms with van der Waals surface area (Å²) in [4.78, 5) is 24.2. The van der Waals surface area contributed by atoms with Crippen molar-refractivity contribution in [1.29, 1.82) is 0 Å². The van der Waals surface area contributed by atoms with E-state index in [1.807, 2.05) is 11.8 Å². The second-order valence-electron chi connectivity index (χ2n) is 5.76. The molecule has 0 aliphatic carbocycles. The number of hydrogen-bond donors (Lipinski definition) is 3. The van der Waals surface area contributed by atoms with Crippen LogP contribution in [0.2, 0.25) is 0 Å². The molecule has 1 saturated heterocycles. The van der Waals surface area contributed by atoms with Gasteiger partial charge in [0.1, 0.15) is 0 Å². The molecule has 1 fully saturated rings. The molecule has 7 heteroatoms. The molecule has 0 saturated carbocycles. The highest BCUT2D eigenvalue weighted by molar-refractivity contribution is 8.00. The van der Waals surface area contributed by atoms with Crippen LogP contribution in [0.15, 0.2) is 0 Å². The van der Waals surface area contributed by atoms with Crippen molar-refractivity contribution < 1.29 is 19.8 Å². The fourth-order valence-corrected chi connectivity index (χ4v) is 3.07. The average Bonchev–Trinajstić information content (AvgIpc) is 2.22. The van der Waals surface area contributed by atoms with Gasteiger partial charge in [0.15, 0.2) is 0 Å². The summed E-state index contributed by atoms with van der Waals surface area (Å²) >= 11 is 1.82. The van der Waals surface area contributed by atoms with Crippen molar-refractivity contribution >= 4 is 23.8 Å². The highest BCUT2D eigenvalue weighted by atomic mass is 32.2. The third-order valence-electron chi connectivity index (χ3n) is 2.87. The van der Waals surface area contributed by atoms with Gasteiger partial charge in [0.2, 0.25) is 0 Å². The second kappa shape index (κ2) is 6.00. The van der Waals surface area contributed by atoms with Crippen molar-refractivity contribution in [3.05, 3.63) is 0 Å². The quantitative estimate of drug-likeness (QED) is 0.711. The zero-order chi connectivity index (χ0) is 14.7. The Labute approximate surface area is 117 Å². The number of nitrogens with zero attached hydrogens (tertiary/aromatic N) is 1. The number of thioether (sulfide) groups is 1. The van der Waals surface area contributed by atoms with Crippen LogP contribution in [0.4, 0.5) is 4.79 Å². The standard InChI is InChI=1S/C12H22N2O4S/c1-11(2)8-14(4-5-19-11)10(17)13-7-12(3,18)6-9(15)16/h18H,4-8H2,1-3H3,(H,13,17)(H,15,16). The van der Waals surface area contributed by atoms with Gasteiger partial charge in [-0.15, -0.1) is 0 Å². The number of carboxylic acids is 1. The average molecular weight is 290 g/mol. The minimum atomic E-state index is -1.43. The van der Waals surface area contributed by atoms with Crippen LogP contribution in [0.25, 0.3) is 0 Å². The van der Waals surface area contributed by atoms with E-state index in [0.29, 0.717) is 13.1 Å². The molecule has 2 amide bonds. The van der Waals surface area contributed by atoms with Crippen molar-refractivity contribution in [1.82, 2.24) is 10.2 Å². The molecule has 3 N–H and O–H groups in total. The predicted octanol–water partition coefficient (Wildman–Crippen LogP) is 0.749. The van der Waals surface area contributed by atoms with Crippen molar-refractivity contribution in [3.63, 3.8) is 0 Å². The topological polar surface area (TPSA) is 89.9 Å². The fraction of sp³-hybridized carbons (Fsp3) is 0.833. The molecule has 1 rings (SSSR count). The van der Waals surface area contributed by atoms with Crippen LogP contribution in [-0.4, -0.2) is 62.8 Å². The Morgan fingerprint density at radius 1 is 1.47 bits per heavy atom. The molecular weight excluding hydrogens is 268 g/mol. The summed E-state index contributed by atoms with van der Waals surface area (Å²) in [6, 6.07) is -0.251. The minimum Gasteiger partial charge on any atom is -0.481 e. The predicted molar refractivity (Wildman–Crippen MR) is 74.4 cm³/mol. The molecule has 0 bridgehead atoms. The van der Waals surface area contributed by atoms with E-state index >= 15 is 0 Å². The number of rotatable bonds is 4. The Morgan fingerprint density at radius 2 is 2.11 bits per heavy atom. The van der Waals surface area contributed by atoms with E-state index in [1.54, 1.807) is 4.90 Å². The highest BCUT2D eigenvalue weighted by Crippen LogP contribution is 2.29. The Balaban J connectivity index is 2.45. The number of aliphatic carboxylic acids is 1. The van der Waals surface area contributed by atoms with Crippen molar-refractivity contribution in [2.24, 2.45) is 0 Å². The number of hydrogen-bond acceptors (Lipinski definition) is 4. The van der Waals surface area contributed by atoms with Gasteiger partial charge in [-0.3, -0.25) is 4.79 Å². The largest absolute Gasteiger partial charge is 0.481 e. The van der Waals surface area contributed by atoms with E-state index in [9.17, 15) is 14.7 Å². The van der Waals surface area contributed by atoms with Crippen molar-refractivity contribution in [2.75, 3.05) is 25.4 Å². The molecule has 1 heterocycles. The maximum Gasteiger partial charge on any atom is 0.317 e. The zero-order valence-electron chi connectivity index (χ0n) is 11.6. The lowest BCUT2D eigenvalue weighted by Gasteiger charge is -2.37. The van der Waals surface area contributed by atoms with E-state index in [-0.39, 0.29) is 17.3 Å². The first-order valence-electron chi connectivity index (χ1n) is 6.22. The summed E-state index contributed by atoms with van der Waals surface area (Å²) in [5.74, 6) is -0.207. The number of carbonyl (C=O) groups is 2. The number of urea groups is 1. The molecule has 0 spiro atoms. The first kappa shape index (κ1) is 16.1. The first-order valence-corrected chi connectivity index (χ1v) is 7.21. The first-order chi connectivity index (χ1) is 8.61. The van der Waals surface area contributed by atoms with Gasteiger partial charge < -0.3 is 20.4 Å². The maximum atomic E-state index is 12.0. The number of carbonyl (C=O) groups excluding carboxylic acids is 1. The van der Waals surface area contributed by atoms with Crippen LogP contribution in [0.5, 0.6) is 0 Å². The Kier molecular flexibility index (Phi) is 5.09. The van der Waals surface area contributed by atoms with E-state index in [1.165, 1.54) is 6.92 Å². The number of amides is 2. The van der Waals surface area contributed by atoms with Gasteiger partial charge in [-0.25, -0.2) is 4.79 Å². The van der Waals surface area contributed by atoms with Crippen LogP contribution in [0.3, 0.4) is 0 Å². The summed E-state index contributed by atoms with van der Waals surface area (Å²) in [5, 5.41) is 21.1. The maximum absolute atomic E-state index is 12.0. The Bertz CT molecular complexity index is 358. The van der Waals surface area contributed by atoms with Crippen LogP contribution in [-0.2, 0) is 4.79 Å². The van der Waals surface area contributed by atoms with E-state index < -0.39 is 18.0 Å². The lowest BCUT2D eigenvalue weighted by Crippen LogP contribution is -2.52. The highest BCUT2D eigenvalue weighted by Gasteiger charge is 2.31. The van der Waals surface area contributed by atoms with Gasteiger partial charge in [0.25, 0.3) is 0 Å². The molecule has 110 valence electrons. The van der Waals surface area contributed by atoms with Crippen LogP contribution >= 0.6 is 11.8 Å². The van der Waals surface area contributed by atoms with E-state index in [2.05, 4.69) is 19.2 Å². The Hall–Kier alpha value is -0.950. The van der Waals surface area contributed by atoms with Gasteiger partial charge in [-0.1, -0.05) is 0 Å². The van der Waals surface area contributed by atoms with Gasteiger partial charge in [0.05, 0.1) is 12.0 Å². The van der Waals surface area contributed by atoms with Gasteiger partial charge >= 0.3 is 12.0 Å². The second-order valence-corrected chi connectivity index (χ2v) is 7.56. The van der Waals surface area contributed by atoms with E-state index in [4.69, 9.17) is 5.11 Å². The smallest absolute Gasteiger partial charge is 0.317 e.